The van der Waals surface area contributed by atoms with E-state index in [9.17, 15) is 13.2 Å². The summed E-state index contributed by atoms with van der Waals surface area (Å²) in [5, 5.41) is 0.217. The van der Waals surface area contributed by atoms with Crippen LogP contribution in [0.25, 0.3) is 0 Å². The Morgan fingerprint density at radius 3 is 2.11 bits per heavy atom. The van der Waals surface area contributed by atoms with Gasteiger partial charge in [0, 0.05) is 40.3 Å². The van der Waals surface area contributed by atoms with E-state index in [1.807, 2.05) is 35.2 Å². The molecule has 6 nitrogen and oxygen atoms in total. The Morgan fingerprint density at radius 1 is 0.964 bits per heavy atom. The summed E-state index contributed by atoms with van der Waals surface area (Å²) in [6.45, 7) is 1.53. The zero-order valence-corrected chi connectivity index (χ0v) is 17.5. The monoisotopic (exact) mass is 421 g/mol. The molecule has 0 N–H and O–H groups in total. The fourth-order valence-corrected chi connectivity index (χ4v) is 5.30. The minimum absolute atomic E-state index is 0.0198. The van der Waals surface area contributed by atoms with Crippen LogP contribution in [0.1, 0.15) is 11.6 Å². The first-order chi connectivity index (χ1) is 13.3. The summed E-state index contributed by atoms with van der Waals surface area (Å²) < 4.78 is 27.3. The van der Waals surface area contributed by atoms with Crippen molar-refractivity contribution in [1.29, 1.82) is 0 Å². The molecule has 1 saturated heterocycles. The molecule has 0 radical (unpaired) electrons. The van der Waals surface area contributed by atoms with Gasteiger partial charge in [-0.1, -0.05) is 54.1 Å². The van der Waals surface area contributed by atoms with Gasteiger partial charge < -0.3 is 4.90 Å². The van der Waals surface area contributed by atoms with Crippen LogP contribution in [0.3, 0.4) is 0 Å². The number of carbonyl (C=O) groups excluding carboxylic acids is 1. The second kappa shape index (κ2) is 8.61. The molecule has 1 aliphatic heterocycles. The Labute approximate surface area is 171 Å². The molecule has 0 aliphatic carbocycles. The fraction of sp³-hybridized carbons (Fsp3) is 0.350. The summed E-state index contributed by atoms with van der Waals surface area (Å²) in [4.78, 5) is 16.6. The number of likely N-dealkylation sites (N-methyl/N-ethyl adjacent to an activating group) is 1. The largest absolute Gasteiger partial charge is 0.347 e. The zero-order chi connectivity index (χ0) is 20.3. The fourth-order valence-electron chi connectivity index (χ4n) is 3.38. The Balaban J connectivity index is 1.79. The van der Waals surface area contributed by atoms with E-state index >= 15 is 0 Å². The Kier molecular flexibility index (Phi) is 6.40. The van der Waals surface area contributed by atoms with Crippen molar-refractivity contribution >= 4 is 27.5 Å². The first-order valence-electron chi connectivity index (χ1n) is 9.07. The van der Waals surface area contributed by atoms with Gasteiger partial charge in [0.05, 0.1) is 5.02 Å². The molecule has 1 heterocycles. The minimum Gasteiger partial charge on any atom is -0.347 e. The van der Waals surface area contributed by atoms with Crippen LogP contribution in [0.5, 0.6) is 0 Å². The maximum atomic E-state index is 12.9. The van der Waals surface area contributed by atoms with Gasteiger partial charge in [-0.15, -0.1) is 0 Å². The second-order valence-electron chi connectivity index (χ2n) is 6.92. The number of piperazine rings is 1. The molecular formula is C20H24ClN3O3S. The van der Waals surface area contributed by atoms with E-state index in [1.165, 1.54) is 10.4 Å². The van der Waals surface area contributed by atoms with Gasteiger partial charge in [0.2, 0.25) is 15.9 Å². The minimum atomic E-state index is -3.66. The molecule has 3 rings (SSSR count). The molecule has 1 atom stereocenters. The zero-order valence-electron chi connectivity index (χ0n) is 16.0. The van der Waals surface area contributed by atoms with Gasteiger partial charge in [-0.3, -0.25) is 9.69 Å². The number of benzene rings is 2. The third kappa shape index (κ3) is 4.22. The van der Waals surface area contributed by atoms with Gasteiger partial charge >= 0.3 is 0 Å². The van der Waals surface area contributed by atoms with E-state index < -0.39 is 16.1 Å². The topological polar surface area (TPSA) is 60.9 Å². The average Bonchev–Trinajstić information content (AvgIpc) is 2.69. The number of carbonyl (C=O) groups is 1. The number of halogens is 1. The summed E-state index contributed by atoms with van der Waals surface area (Å²) in [5.74, 6) is -0.0198. The van der Waals surface area contributed by atoms with Crippen LogP contribution in [0.4, 0.5) is 0 Å². The maximum absolute atomic E-state index is 12.9. The van der Waals surface area contributed by atoms with E-state index in [4.69, 9.17) is 11.6 Å². The van der Waals surface area contributed by atoms with Crippen molar-refractivity contribution in [3.8, 4) is 0 Å². The average molecular weight is 422 g/mol. The third-order valence-corrected chi connectivity index (χ3v) is 7.28. The second-order valence-corrected chi connectivity index (χ2v) is 9.23. The summed E-state index contributed by atoms with van der Waals surface area (Å²) in [6, 6.07) is 15.6. The van der Waals surface area contributed by atoms with Crippen LogP contribution in [0, 0.1) is 0 Å². The molecule has 0 bridgehead atoms. The van der Waals surface area contributed by atoms with Crippen LogP contribution in [-0.2, 0) is 14.8 Å². The van der Waals surface area contributed by atoms with Gasteiger partial charge in [0.1, 0.15) is 10.9 Å². The SMILES string of the molecule is CN(C)C(=O)[C@H](c1ccccc1)N1CCN(S(=O)(=O)c2ccccc2Cl)CC1. The summed E-state index contributed by atoms with van der Waals surface area (Å²) in [6.07, 6.45) is 0. The van der Waals surface area contributed by atoms with Crippen LogP contribution < -0.4 is 0 Å². The molecule has 0 spiro atoms. The molecule has 2 aromatic carbocycles. The molecule has 0 saturated carbocycles. The number of amides is 1. The number of hydrogen-bond acceptors (Lipinski definition) is 4. The standard InChI is InChI=1S/C20H24ClN3O3S/c1-22(2)20(25)19(16-8-4-3-5-9-16)23-12-14-24(15-13-23)28(26,27)18-11-7-6-10-17(18)21/h3-11,19H,12-15H2,1-2H3/t19-/m0/s1. The third-order valence-electron chi connectivity index (χ3n) is 4.88. The number of hydrogen-bond donors (Lipinski definition) is 0. The smallest absolute Gasteiger partial charge is 0.244 e. The molecule has 28 heavy (non-hydrogen) atoms. The van der Waals surface area contributed by atoms with Crippen LogP contribution in [-0.4, -0.2) is 68.7 Å². The van der Waals surface area contributed by atoms with Crippen molar-refractivity contribution in [1.82, 2.24) is 14.1 Å². The molecule has 1 fully saturated rings. The number of sulfonamides is 1. The van der Waals surface area contributed by atoms with Gasteiger partial charge in [-0.05, 0) is 17.7 Å². The lowest BCUT2D eigenvalue weighted by Gasteiger charge is -2.39. The molecule has 2 aromatic rings. The lowest BCUT2D eigenvalue weighted by Crippen LogP contribution is -2.52. The van der Waals surface area contributed by atoms with E-state index in [1.54, 1.807) is 37.2 Å². The van der Waals surface area contributed by atoms with Gasteiger partial charge in [0.25, 0.3) is 0 Å². The molecule has 0 aromatic heterocycles. The van der Waals surface area contributed by atoms with E-state index in [2.05, 4.69) is 0 Å². The summed E-state index contributed by atoms with van der Waals surface area (Å²) >= 11 is 6.10. The molecule has 150 valence electrons. The molecule has 0 unspecified atom stereocenters. The van der Waals surface area contributed by atoms with E-state index in [-0.39, 0.29) is 15.8 Å². The highest BCUT2D eigenvalue weighted by atomic mass is 35.5. The number of rotatable bonds is 5. The maximum Gasteiger partial charge on any atom is 0.244 e. The quantitative estimate of drug-likeness (QED) is 0.744. The molecule has 8 heteroatoms. The Bertz CT molecular complexity index is 927. The van der Waals surface area contributed by atoms with Crippen molar-refractivity contribution in [2.24, 2.45) is 0 Å². The predicted octanol–water partition coefficient (Wildman–Crippen LogP) is 2.48. The lowest BCUT2D eigenvalue weighted by molar-refractivity contribution is -0.135. The van der Waals surface area contributed by atoms with Crippen LogP contribution in [0.2, 0.25) is 5.02 Å². The van der Waals surface area contributed by atoms with Gasteiger partial charge in [-0.2, -0.15) is 4.31 Å². The lowest BCUT2D eigenvalue weighted by atomic mass is 10.0. The molecular weight excluding hydrogens is 398 g/mol. The summed E-state index contributed by atoms with van der Waals surface area (Å²) in [7, 11) is -0.199. The van der Waals surface area contributed by atoms with Crippen LogP contribution >= 0.6 is 11.6 Å². The van der Waals surface area contributed by atoms with Crippen molar-refractivity contribution in [3.63, 3.8) is 0 Å². The van der Waals surface area contributed by atoms with Crippen LogP contribution in [0.15, 0.2) is 59.5 Å². The summed E-state index contributed by atoms with van der Waals surface area (Å²) in [5.41, 5.74) is 0.906. The van der Waals surface area contributed by atoms with Crippen molar-refractivity contribution in [2.45, 2.75) is 10.9 Å². The number of nitrogens with zero attached hydrogens (tertiary/aromatic N) is 3. The van der Waals surface area contributed by atoms with Gasteiger partial charge in [-0.25, -0.2) is 8.42 Å². The van der Waals surface area contributed by atoms with E-state index in [0.717, 1.165) is 5.56 Å². The van der Waals surface area contributed by atoms with E-state index in [0.29, 0.717) is 26.2 Å². The Morgan fingerprint density at radius 2 is 1.54 bits per heavy atom. The highest BCUT2D eigenvalue weighted by Gasteiger charge is 2.35. The predicted molar refractivity (Wildman–Crippen MR) is 110 cm³/mol. The van der Waals surface area contributed by atoms with Crippen molar-refractivity contribution < 1.29 is 13.2 Å². The molecule has 1 amide bonds. The normalized spacial score (nSPS) is 17.2. The highest BCUT2D eigenvalue weighted by molar-refractivity contribution is 7.89. The Hall–Kier alpha value is -1.93. The molecule has 1 aliphatic rings. The first kappa shape index (κ1) is 20.8. The van der Waals surface area contributed by atoms with Gasteiger partial charge in [0.15, 0.2) is 0 Å². The van der Waals surface area contributed by atoms with Crippen molar-refractivity contribution in [2.75, 3.05) is 40.3 Å². The van der Waals surface area contributed by atoms with Crippen molar-refractivity contribution in [3.05, 3.63) is 65.2 Å². The highest BCUT2D eigenvalue weighted by Crippen LogP contribution is 2.28. The first-order valence-corrected chi connectivity index (χ1v) is 10.9.